The Bertz CT molecular complexity index is 1210. The summed E-state index contributed by atoms with van der Waals surface area (Å²) in [6.07, 6.45) is 26.4. The minimum Gasteiger partial charge on any atom is -0.256 e. The van der Waals surface area contributed by atoms with E-state index in [1.807, 2.05) is 12.3 Å². The van der Waals surface area contributed by atoms with Crippen LogP contribution in [0.2, 0.25) is 0 Å². The Labute approximate surface area is 270 Å². The number of pyridine rings is 1. The van der Waals surface area contributed by atoms with Crippen LogP contribution in [-0.2, 0) is 25.7 Å². The molecule has 0 spiro atoms. The van der Waals surface area contributed by atoms with Gasteiger partial charge < -0.3 is 0 Å². The largest absolute Gasteiger partial charge is 0.256 e. The van der Waals surface area contributed by atoms with Gasteiger partial charge in [-0.3, -0.25) is 4.98 Å². The van der Waals surface area contributed by atoms with E-state index >= 15 is 0 Å². The van der Waals surface area contributed by atoms with Crippen molar-refractivity contribution in [2.75, 3.05) is 0 Å². The molecule has 1 heterocycles. The van der Waals surface area contributed by atoms with Crippen LogP contribution < -0.4 is 0 Å². The van der Waals surface area contributed by atoms with E-state index in [-0.39, 0.29) is 0 Å². The van der Waals surface area contributed by atoms with Crippen molar-refractivity contribution >= 4 is 11.4 Å². The molecular formula is C41H61N3. The number of benzene rings is 2. The summed E-state index contributed by atoms with van der Waals surface area (Å²) in [5.41, 5.74) is 9.88. The highest BCUT2D eigenvalue weighted by molar-refractivity contribution is 5.69. The number of aryl methyl sites for hydroxylation is 4. The van der Waals surface area contributed by atoms with Gasteiger partial charge in [-0.15, -0.1) is 0 Å². The van der Waals surface area contributed by atoms with Crippen LogP contribution in [0.4, 0.5) is 11.4 Å². The lowest BCUT2D eigenvalue weighted by atomic mass is 9.93. The Kier molecular flexibility index (Phi) is 17.7. The maximum absolute atomic E-state index is 5.08. The van der Waals surface area contributed by atoms with Gasteiger partial charge in [-0.05, 0) is 104 Å². The molecule has 0 amide bonds. The van der Waals surface area contributed by atoms with Gasteiger partial charge in [0.2, 0.25) is 0 Å². The summed E-state index contributed by atoms with van der Waals surface area (Å²) in [7, 11) is 0. The fourth-order valence-corrected chi connectivity index (χ4v) is 6.10. The molecule has 0 N–H and O–H groups in total. The zero-order valence-electron chi connectivity index (χ0n) is 28.7. The first-order valence-electron chi connectivity index (χ1n) is 18.3. The van der Waals surface area contributed by atoms with Crippen LogP contribution in [0.5, 0.6) is 0 Å². The standard InChI is InChI=1S/C41H61N3/c1-5-9-13-17-23-34-28-29-35(24-18-14-10-6-2)40(31-34)43-44-41-33-36(25-19-15-11-7-3)38(39-27-21-22-30-42-39)32-37(41)26-20-16-12-8-4/h21-22,27-33H,5-20,23-26H2,1-4H3. The van der Waals surface area contributed by atoms with Crippen LogP contribution in [-0.4, -0.2) is 4.98 Å². The van der Waals surface area contributed by atoms with Gasteiger partial charge in [0.15, 0.2) is 0 Å². The molecule has 0 saturated heterocycles. The summed E-state index contributed by atoms with van der Waals surface area (Å²) in [5, 5.41) is 10.1. The van der Waals surface area contributed by atoms with Crippen LogP contribution in [0, 0.1) is 0 Å². The monoisotopic (exact) mass is 595 g/mol. The molecule has 3 aromatic rings. The van der Waals surface area contributed by atoms with E-state index in [1.165, 1.54) is 131 Å². The minimum atomic E-state index is 1.03. The molecule has 3 nitrogen and oxygen atoms in total. The third kappa shape index (κ3) is 12.7. The second-order valence-corrected chi connectivity index (χ2v) is 12.8. The predicted molar refractivity (Wildman–Crippen MR) is 192 cm³/mol. The summed E-state index contributed by atoms with van der Waals surface area (Å²) >= 11 is 0. The van der Waals surface area contributed by atoms with Crippen molar-refractivity contribution in [1.29, 1.82) is 0 Å². The summed E-state index contributed by atoms with van der Waals surface area (Å²) in [6, 6.07) is 18.0. The average Bonchev–Trinajstić information content (AvgIpc) is 3.06. The van der Waals surface area contributed by atoms with Gasteiger partial charge in [-0.25, -0.2) is 0 Å². The quantitative estimate of drug-likeness (QED) is 0.0793. The molecule has 1 aromatic heterocycles. The maximum atomic E-state index is 5.08. The van der Waals surface area contributed by atoms with E-state index in [1.54, 1.807) is 0 Å². The summed E-state index contributed by atoms with van der Waals surface area (Å²) in [5.74, 6) is 0. The first-order valence-corrected chi connectivity index (χ1v) is 18.3. The van der Waals surface area contributed by atoms with Crippen LogP contribution in [0.15, 0.2) is 65.0 Å². The topological polar surface area (TPSA) is 37.6 Å². The number of hydrogen-bond donors (Lipinski definition) is 0. The van der Waals surface area contributed by atoms with E-state index in [2.05, 4.69) is 70.2 Å². The van der Waals surface area contributed by atoms with Gasteiger partial charge in [0.05, 0.1) is 17.1 Å². The van der Waals surface area contributed by atoms with Crippen LogP contribution in [0.1, 0.15) is 153 Å². The van der Waals surface area contributed by atoms with Crippen molar-refractivity contribution in [3.8, 4) is 11.3 Å². The highest BCUT2D eigenvalue weighted by atomic mass is 15.1. The Morgan fingerprint density at radius 1 is 0.477 bits per heavy atom. The molecule has 0 fully saturated rings. The molecule has 2 aromatic carbocycles. The Morgan fingerprint density at radius 2 is 1.02 bits per heavy atom. The number of hydrogen-bond acceptors (Lipinski definition) is 3. The molecule has 0 aliphatic carbocycles. The van der Waals surface area contributed by atoms with Crippen molar-refractivity contribution in [2.45, 2.75) is 156 Å². The predicted octanol–water partition coefficient (Wildman–Crippen LogP) is 13.7. The second-order valence-electron chi connectivity index (χ2n) is 12.8. The lowest BCUT2D eigenvalue weighted by Crippen LogP contribution is -1.97. The van der Waals surface area contributed by atoms with Crippen molar-refractivity contribution in [3.63, 3.8) is 0 Å². The van der Waals surface area contributed by atoms with E-state index in [0.29, 0.717) is 0 Å². The van der Waals surface area contributed by atoms with Gasteiger partial charge in [0.25, 0.3) is 0 Å². The van der Waals surface area contributed by atoms with Crippen molar-refractivity contribution in [1.82, 2.24) is 4.98 Å². The number of rotatable bonds is 23. The van der Waals surface area contributed by atoms with Crippen LogP contribution in [0.25, 0.3) is 11.3 Å². The lowest BCUT2D eigenvalue weighted by Gasteiger charge is -2.15. The van der Waals surface area contributed by atoms with Gasteiger partial charge in [-0.1, -0.05) is 123 Å². The lowest BCUT2D eigenvalue weighted by molar-refractivity contribution is 0.663. The molecule has 3 rings (SSSR count). The molecule has 44 heavy (non-hydrogen) atoms. The highest BCUT2D eigenvalue weighted by Gasteiger charge is 2.14. The summed E-state index contributed by atoms with van der Waals surface area (Å²) < 4.78 is 0. The summed E-state index contributed by atoms with van der Waals surface area (Å²) in [4.78, 5) is 4.77. The fraction of sp³-hybridized carbons (Fsp3) is 0.585. The first-order chi connectivity index (χ1) is 21.7. The van der Waals surface area contributed by atoms with E-state index in [9.17, 15) is 0 Å². The zero-order chi connectivity index (χ0) is 31.2. The smallest absolute Gasteiger partial charge is 0.0892 e. The third-order valence-electron chi connectivity index (χ3n) is 8.88. The van der Waals surface area contributed by atoms with Crippen molar-refractivity contribution < 1.29 is 0 Å². The van der Waals surface area contributed by atoms with Crippen LogP contribution >= 0.6 is 0 Å². The maximum Gasteiger partial charge on any atom is 0.0892 e. The van der Waals surface area contributed by atoms with E-state index in [4.69, 9.17) is 15.2 Å². The minimum absolute atomic E-state index is 1.03. The molecule has 0 atom stereocenters. The van der Waals surface area contributed by atoms with Crippen molar-refractivity contribution in [2.24, 2.45) is 10.2 Å². The Balaban J connectivity index is 1.99. The number of aromatic nitrogens is 1. The van der Waals surface area contributed by atoms with Crippen LogP contribution in [0.3, 0.4) is 0 Å². The summed E-state index contributed by atoms with van der Waals surface area (Å²) in [6.45, 7) is 9.13. The average molecular weight is 596 g/mol. The van der Waals surface area contributed by atoms with Gasteiger partial charge in [0, 0.05) is 11.8 Å². The van der Waals surface area contributed by atoms with Crippen molar-refractivity contribution in [3.05, 3.63) is 77.0 Å². The molecule has 0 aliphatic heterocycles. The normalized spacial score (nSPS) is 11.5. The molecule has 0 unspecified atom stereocenters. The second kappa shape index (κ2) is 21.8. The SMILES string of the molecule is CCCCCCc1ccc(CCCCCC)c(N=Nc2cc(CCCCCC)c(-c3ccccn3)cc2CCCCCC)c1. The van der Waals surface area contributed by atoms with E-state index in [0.717, 1.165) is 42.8 Å². The molecular weight excluding hydrogens is 534 g/mol. The Morgan fingerprint density at radius 3 is 1.59 bits per heavy atom. The van der Waals surface area contributed by atoms with E-state index < -0.39 is 0 Å². The molecule has 240 valence electrons. The Hall–Kier alpha value is -2.81. The molecule has 3 heteroatoms. The van der Waals surface area contributed by atoms with Gasteiger partial charge >= 0.3 is 0 Å². The first kappa shape index (κ1) is 35.7. The zero-order valence-corrected chi connectivity index (χ0v) is 28.7. The van der Waals surface area contributed by atoms with Gasteiger partial charge in [-0.2, -0.15) is 10.2 Å². The molecule has 0 saturated carbocycles. The van der Waals surface area contributed by atoms with Gasteiger partial charge in [0.1, 0.15) is 0 Å². The number of azo groups is 1. The fourth-order valence-electron chi connectivity index (χ4n) is 6.10. The number of nitrogens with zero attached hydrogens (tertiary/aromatic N) is 3. The molecule has 0 radical (unpaired) electrons. The highest BCUT2D eigenvalue weighted by Crippen LogP contribution is 2.35. The third-order valence-corrected chi connectivity index (χ3v) is 8.88. The number of unbranched alkanes of at least 4 members (excludes halogenated alkanes) is 12. The molecule has 0 aliphatic rings. The molecule has 0 bridgehead atoms.